The quantitative estimate of drug-likeness (QED) is 0.928. The van der Waals surface area contributed by atoms with Gasteiger partial charge in [0.25, 0.3) is 0 Å². The molecule has 1 aliphatic heterocycles. The van der Waals surface area contributed by atoms with Gasteiger partial charge in [-0.15, -0.1) is 0 Å². The van der Waals surface area contributed by atoms with Crippen molar-refractivity contribution in [3.05, 3.63) is 33.8 Å². The van der Waals surface area contributed by atoms with Gasteiger partial charge >= 0.3 is 0 Å². The molecule has 0 unspecified atom stereocenters. The molecule has 104 valence electrons. The number of amides is 1. The van der Waals surface area contributed by atoms with Gasteiger partial charge in [0, 0.05) is 22.7 Å². The molecule has 1 amide bonds. The summed E-state index contributed by atoms with van der Waals surface area (Å²) in [5.41, 5.74) is 0.876. The average Bonchev–Trinajstić information content (AvgIpc) is 2.88. The molecule has 1 saturated heterocycles. The first-order valence-electron chi connectivity index (χ1n) is 6.39. The summed E-state index contributed by atoms with van der Waals surface area (Å²) in [4.78, 5) is 12.0. The molecule has 1 heterocycles. The molecule has 0 bridgehead atoms. The molecule has 1 aromatic rings. The SMILES string of the molecule is C[C@H](Cc1c(Cl)cccc1Cl)NC(=O)[C@@H]1CCOC1. The lowest BCUT2D eigenvalue weighted by atomic mass is 10.0. The van der Waals surface area contributed by atoms with E-state index in [1.807, 2.05) is 25.1 Å². The Balaban J connectivity index is 1.93. The third kappa shape index (κ3) is 3.85. The van der Waals surface area contributed by atoms with E-state index in [9.17, 15) is 4.79 Å². The minimum absolute atomic E-state index is 0.00880. The van der Waals surface area contributed by atoms with Crippen molar-refractivity contribution in [1.29, 1.82) is 0 Å². The third-order valence-corrected chi connectivity index (χ3v) is 3.97. The van der Waals surface area contributed by atoms with Gasteiger partial charge in [0.2, 0.25) is 5.91 Å². The molecule has 3 nitrogen and oxygen atoms in total. The zero-order valence-electron chi connectivity index (χ0n) is 10.8. The van der Waals surface area contributed by atoms with Gasteiger partial charge in [-0.05, 0) is 37.5 Å². The Morgan fingerprint density at radius 2 is 2.16 bits per heavy atom. The molecule has 1 aromatic carbocycles. The second-order valence-corrected chi connectivity index (χ2v) is 5.69. The van der Waals surface area contributed by atoms with E-state index < -0.39 is 0 Å². The first kappa shape index (κ1) is 14.6. The number of rotatable bonds is 4. The summed E-state index contributed by atoms with van der Waals surface area (Å²) in [5, 5.41) is 4.26. The van der Waals surface area contributed by atoms with Crippen molar-refractivity contribution in [3.63, 3.8) is 0 Å². The van der Waals surface area contributed by atoms with Crippen LogP contribution >= 0.6 is 23.2 Å². The summed E-state index contributed by atoms with van der Waals surface area (Å²) in [5.74, 6) is 0.0253. The molecule has 19 heavy (non-hydrogen) atoms. The van der Waals surface area contributed by atoms with E-state index >= 15 is 0 Å². The van der Waals surface area contributed by atoms with Crippen molar-refractivity contribution in [1.82, 2.24) is 5.32 Å². The van der Waals surface area contributed by atoms with Crippen molar-refractivity contribution in [2.24, 2.45) is 5.92 Å². The molecule has 0 aliphatic carbocycles. The molecular weight excluding hydrogens is 285 g/mol. The molecule has 0 radical (unpaired) electrons. The number of ether oxygens (including phenoxy) is 1. The topological polar surface area (TPSA) is 38.3 Å². The Hall–Kier alpha value is -0.770. The number of nitrogens with one attached hydrogen (secondary N) is 1. The third-order valence-electron chi connectivity index (χ3n) is 3.26. The van der Waals surface area contributed by atoms with Gasteiger partial charge in [-0.1, -0.05) is 29.3 Å². The van der Waals surface area contributed by atoms with E-state index in [-0.39, 0.29) is 17.9 Å². The van der Waals surface area contributed by atoms with Crippen LogP contribution < -0.4 is 5.32 Å². The first-order chi connectivity index (χ1) is 9.08. The highest BCUT2D eigenvalue weighted by Gasteiger charge is 2.24. The maximum absolute atomic E-state index is 12.0. The van der Waals surface area contributed by atoms with Gasteiger partial charge in [-0.2, -0.15) is 0 Å². The lowest BCUT2D eigenvalue weighted by Gasteiger charge is -2.17. The van der Waals surface area contributed by atoms with Gasteiger partial charge < -0.3 is 10.1 Å². The van der Waals surface area contributed by atoms with Crippen molar-refractivity contribution >= 4 is 29.1 Å². The van der Waals surface area contributed by atoms with Gasteiger partial charge in [-0.3, -0.25) is 4.79 Å². The van der Waals surface area contributed by atoms with Crippen LogP contribution in [0.5, 0.6) is 0 Å². The van der Waals surface area contributed by atoms with Crippen LogP contribution in [-0.2, 0) is 16.0 Å². The Bertz CT molecular complexity index is 439. The Morgan fingerprint density at radius 1 is 1.47 bits per heavy atom. The first-order valence-corrected chi connectivity index (χ1v) is 7.14. The largest absolute Gasteiger partial charge is 0.381 e. The minimum Gasteiger partial charge on any atom is -0.381 e. The van der Waals surface area contributed by atoms with Crippen molar-refractivity contribution in [2.75, 3.05) is 13.2 Å². The van der Waals surface area contributed by atoms with Crippen LogP contribution in [0, 0.1) is 5.92 Å². The van der Waals surface area contributed by atoms with E-state index in [0.29, 0.717) is 29.7 Å². The molecule has 1 N–H and O–H groups in total. The van der Waals surface area contributed by atoms with Gasteiger partial charge in [-0.25, -0.2) is 0 Å². The van der Waals surface area contributed by atoms with Crippen molar-refractivity contribution in [3.8, 4) is 0 Å². The van der Waals surface area contributed by atoms with Crippen LogP contribution in [0.4, 0.5) is 0 Å². The lowest BCUT2D eigenvalue weighted by molar-refractivity contribution is -0.125. The Kier molecular flexibility index (Phi) is 5.08. The number of hydrogen-bond donors (Lipinski definition) is 1. The summed E-state index contributed by atoms with van der Waals surface area (Å²) in [6, 6.07) is 5.42. The standard InChI is InChI=1S/C14H17Cl2NO2/c1-9(17-14(18)10-5-6-19-8-10)7-11-12(15)3-2-4-13(11)16/h2-4,9-10H,5-8H2,1H3,(H,17,18)/t9-,10-/m1/s1. The number of halogens is 2. The summed E-state index contributed by atoms with van der Waals surface area (Å²) in [6.07, 6.45) is 1.42. The van der Waals surface area contributed by atoms with Gasteiger partial charge in [0.1, 0.15) is 0 Å². The molecule has 2 rings (SSSR count). The minimum atomic E-state index is -0.0239. The fraction of sp³-hybridized carbons (Fsp3) is 0.500. The average molecular weight is 302 g/mol. The van der Waals surface area contributed by atoms with Crippen LogP contribution in [-0.4, -0.2) is 25.2 Å². The molecule has 1 aliphatic rings. The van der Waals surface area contributed by atoms with Crippen LogP contribution in [0.3, 0.4) is 0 Å². The van der Waals surface area contributed by atoms with E-state index in [1.54, 1.807) is 0 Å². The maximum Gasteiger partial charge on any atom is 0.225 e. The second kappa shape index (κ2) is 6.60. The number of benzene rings is 1. The fourth-order valence-corrected chi connectivity index (χ4v) is 2.74. The zero-order valence-corrected chi connectivity index (χ0v) is 12.3. The molecule has 0 spiro atoms. The van der Waals surface area contributed by atoms with Crippen LogP contribution in [0.25, 0.3) is 0 Å². The highest BCUT2D eigenvalue weighted by molar-refractivity contribution is 6.36. The normalized spacial score (nSPS) is 20.3. The summed E-state index contributed by atoms with van der Waals surface area (Å²) in [7, 11) is 0. The predicted octanol–water partition coefficient (Wildman–Crippen LogP) is 3.08. The summed E-state index contributed by atoms with van der Waals surface area (Å²) >= 11 is 12.2. The second-order valence-electron chi connectivity index (χ2n) is 4.87. The maximum atomic E-state index is 12.0. The Morgan fingerprint density at radius 3 is 2.74 bits per heavy atom. The van der Waals surface area contributed by atoms with E-state index in [1.165, 1.54) is 0 Å². The molecular formula is C14H17Cl2NO2. The summed E-state index contributed by atoms with van der Waals surface area (Å²) < 4.78 is 5.21. The predicted molar refractivity (Wildman–Crippen MR) is 76.7 cm³/mol. The highest BCUT2D eigenvalue weighted by atomic mass is 35.5. The monoisotopic (exact) mass is 301 g/mol. The Labute approximate surface area is 123 Å². The number of carbonyl (C=O) groups is 1. The molecule has 0 saturated carbocycles. The van der Waals surface area contributed by atoms with Crippen LogP contribution in [0.2, 0.25) is 10.0 Å². The fourth-order valence-electron chi connectivity index (χ4n) is 2.19. The van der Waals surface area contributed by atoms with Crippen LogP contribution in [0.15, 0.2) is 18.2 Å². The van der Waals surface area contributed by atoms with E-state index in [4.69, 9.17) is 27.9 Å². The molecule has 0 aromatic heterocycles. The molecule has 1 fully saturated rings. The zero-order chi connectivity index (χ0) is 13.8. The van der Waals surface area contributed by atoms with Crippen molar-refractivity contribution < 1.29 is 9.53 Å². The molecule has 2 atom stereocenters. The van der Waals surface area contributed by atoms with E-state index in [2.05, 4.69) is 5.32 Å². The van der Waals surface area contributed by atoms with Gasteiger partial charge in [0.05, 0.1) is 12.5 Å². The number of carbonyl (C=O) groups excluding carboxylic acids is 1. The highest BCUT2D eigenvalue weighted by Crippen LogP contribution is 2.25. The van der Waals surface area contributed by atoms with Crippen LogP contribution in [0.1, 0.15) is 18.9 Å². The van der Waals surface area contributed by atoms with Gasteiger partial charge in [0.15, 0.2) is 0 Å². The molecule has 5 heteroatoms. The van der Waals surface area contributed by atoms with E-state index in [0.717, 1.165) is 12.0 Å². The summed E-state index contributed by atoms with van der Waals surface area (Å²) in [6.45, 7) is 3.14. The smallest absolute Gasteiger partial charge is 0.225 e. The number of hydrogen-bond acceptors (Lipinski definition) is 2. The lowest BCUT2D eigenvalue weighted by Crippen LogP contribution is -2.38. The van der Waals surface area contributed by atoms with Crippen molar-refractivity contribution in [2.45, 2.75) is 25.8 Å².